The Balaban J connectivity index is 2.71. The van der Waals surface area contributed by atoms with Crippen molar-refractivity contribution in [2.24, 2.45) is 0 Å². The van der Waals surface area contributed by atoms with Crippen LogP contribution in [0.15, 0.2) is 18.2 Å². The largest absolute Gasteiger partial charge is 0.497 e. The highest BCUT2D eigenvalue weighted by Gasteiger charge is 2.09. The minimum absolute atomic E-state index is 0.417. The highest BCUT2D eigenvalue weighted by Crippen LogP contribution is 2.28. The molecule has 0 unspecified atom stereocenters. The molecule has 1 rings (SSSR count). The summed E-state index contributed by atoms with van der Waals surface area (Å²) in [7, 11) is 2.97. The molecule has 7 nitrogen and oxygen atoms in total. The second-order valence-corrected chi connectivity index (χ2v) is 3.27. The van der Waals surface area contributed by atoms with E-state index in [9.17, 15) is 9.59 Å². The number of rotatable bonds is 5. The van der Waals surface area contributed by atoms with Crippen LogP contribution in [-0.4, -0.2) is 37.9 Å². The van der Waals surface area contributed by atoms with Gasteiger partial charge in [0.05, 0.1) is 19.9 Å². The van der Waals surface area contributed by atoms with Crippen molar-refractivity contribution < 1.29 is 24.2 Å². The highest BCUT2D eigenvalue weighted by atomic mass is 16.5. The van der Waals surface area contributed by atoms with E-state index in [-0.39, 0.29) is 0 Å². The summed E-state index contributed by atoms with van der Waals surface area (Å²) in [5, 5.41) is 13.1. The summed E-state index contributed by atoms with van der Waals surface area (Å²) in [5.41, 5.74) is 0.418. The Kier molecular flexibility index (Phi) is 4.79. The van der Waals surface area contributed by atoms with Gasteiger partial charge in [0.15, 0.2) is 0 Å². The lowest BCUT2D eigenvalue weighted by atomic mass is 10.2. The number of carboxylic acid groups (broad SMARTS) is 1. The molecule has 0 aliphatic heterocycles. The molecule has 7 heteroatoms. The Morgan fingerprint density at radius 1 is 1.28 bits per heavy atom. The lowest BCUT2D eigenvalue weighted by Crippen LogP contribution is -2.33. The van der Waals surface area contributed by atoms with Gasteiger partial charge in [-0.1, -0.05) is 0 Å². The molecule has 2 amide bonds. The van der Waals surface area contributed by atoms with E-state index in [2.05, 4.69) is 10.6 Å². The molecular weight excluding hydrogens is 240 g/mol. The Morgan fingerprint density at radius 3 is 2.56 bits per heavy atom. The number of amides is 2. The van der Waals surface area contributed by atoms with Gasteiger partial charge in [-0.3, -0.25) is 4.79 Å². The molecule has 0 aliphatic rings. The second-order valence-electron chi connectivity index (χ2n) is 3.27. The first-order valence-electron chi connectivity index (χ1n) is 5.05. The molecule has 98 valence electrons. The Morgan fingerprint density at radius 2 is 2.00 bits per heavy atom. The average Bonchev–Trinajstić information content (AvgIpc) is 2.36. The first-order valence-corrected chi connectivity index (χ1v) is 5.05. The summed E-state index contributed by atoms with van der Waals surface area (Å²) < 4.78 is 10.1. The fraction of sp³-hybridized carbons (Fsp3) is 0.273. The quantitative estimate of drug-likeness (QED) is 0.725. The van der Waals surface area contributed by atoms with Crippen LogP contribution in [0.2, 0.25) is 0 Å². The maximum absolute atomic E-state index is 11.4. The van der Waals surface area contributed by atoms with Gasteiger partial charge in [-0.05, 0) is 12.1 Å². The molecule has 0 aromatic heterocycles. The van der Waals surface area contributed by atoms with Crippen molar-refractivity contribution in [3.8, 4) is 11.5 Å². The molecular formula is C11H14N2O5. The van der Waals surface area contributed by atoms with Crippen LogP contribution >= 0.6 is 0 Å². The van der Waals surface area contributed by atoms with Crippen molar-refractivity contribution in [1.29, 1.82) is 0 Å². The minimum atomic E-state index is -1.12. The Bertz CT molecular complexity index is 447. The Hall–Kier alpha value is -2.44. The van der Waals surface area contributed by atoms with Gasteiger partial charge in [0.1, 0.15) is 18.0 Å². The Labute approximate surface area is 104 Å². The van der Waals surface area contributed by atoms with Crippen LogP contribution in [0.5, 0.6) is 11.5 Å². The first kappa shape index (κ1) is 13.6. The molecule has 0 saturated heterocycles. The van der Waals surface area contributed by atoms with Gasteiger partial charge in [-0.25, -0.2) is 4.79 Å². The van der Waals surface area contributed by atoms with Gasteiger partial charge >= 0.3 is 12.0 Å². The second kappa shape index (κ2) is 6.33. The van der Waals surface area contributed by atoms with Gasteiger partial charge in [0, 0.05) is 6.07 Å². The summed E-state index contributed by atoms with van der Waals surface area (Å²) in [6, 6.07) is 4.22. The van der Waals surface area contributed by atoms with E-state index in [1.807, 2.05) is 0 Å². The zero-order valence-corrected chi connectivity index (χ0v) is 10.0. The number of ether oxygens (including phenoxy) is 2. The first-order chi connectivity index (χ1) is 8.56. The molecule has 0 bridgehead atoms. The van der Waals surface area contributed by atoms with E-state index in [1.54, 1.807) is 18.2 Å². The van der Waals surface area contributed by atoms with E-state index >= 15 is 0 Å². The molecule has 3 N–H and O–H groups in total. The normalized spacial score (nSPS) is 9.44. The lowest BCUT2D eigenvalue weighted by molar-refractivity contribution is -0.135. The number of urea groups is 1. The van der Waals surface area contributed by atoms with Gasteiger partial charge in [-0.15, -0.1) is 0 Å². The third-order valence-corrected chi connectivity index (χ3v) is 2.06. The average molecular weight is 254 g/mol. The standard InChI is InChI=1S/C11H14N2O5/c1-17-7-3-4-8(9(5-7)18-2)13-11(16)12-6-10(14)15/h3-5H,6H2,1-2H3,(H,14,15)(H2,12,13,16). The monoisotopic (exact) mass is 254 g/mol. The summed E-state index contributed by atoms with van der Waals surface area (Å²) in [6.07, 6.45) is 0. The van der Waals surface area contributed by atoms with E-state index in [0.717, 1.165) is 0 Å². The van der Waals surface area contributed by atoms with E-state index in [4.69, 9.17) is 14.6 Å². The number of carboxylic acids is 1. The predicted molar refractivity (Wildman–Crippen MR) is 64.2 cm³/mol. The zero-order chi connectivity index (χ0) is 13.5. The number of methoxy groups -OCH3 is 2. The number of nitrogens with one attached hydrogen (secondary N) is 2. The summed E-state index contributed by atoms with van der Waals surface area (Å²) in [5.74, 6) is -0.116. The van der Waals surface area contributed by atoms with Crippen LogP contribution in [0, 0.1) is 0 Å². The number of hydrogen-bond donors (Lipinski definition) is 3. The van der Waals surface area contributed by atoms with Gasteiger partial charge in [0.2, 0.25) is 0 Å². The maximum Gasteiger partial charge on any atom is 0.323 e. The van der Waals surface area contributed by atoms with Crippen LogP contribution in [0.1, 0.15) is 0 Å². The van der Waals surface area contributed by atoms with Crippen molar-refractivity contribution in [2.75, 3.05) is 26.1 Å². The number of anilines is 1. The molecule has 0 spiro atoms. The molecule has 0 saturated carbocycles. The number of carbonyl (C=O) groups excluding carboxylic acids is 1. The fourth-order valence-corrected chi connectivity index (χ4v) is 1.22. The van der Waals surface area contributed by atoms with Crippen molar-refractivity contribution in [1.82, 2.24) is 5.32 Å². The number of benzene rings is 1. The van der Waals surface area contributed by atoms with Crippen LogP contribution in [0.3, 0.4) is 0 Å². The molecule has 1 aromatic carbocycles. The van der Waals surface area contributed by atoms with E-state index < -0.39 is 18.5 Å². The van der Waals surface area contributed by atoms with E-state index in [0.29, 0.717) is 17.2 Å². The summed E-state index contributed by atoms with van der Waals surface area (Å²) in [6.45, 7) is -0.454. The SMILES string of the molecule is COc1ccc(NC(=O)NCC(=O)O)c(OC)c1. The molecule has 1 aromatic rings. The molecule has 0 heterocycles. The minimum Gasteiger partial charge on any atom is -0.497 e. The maximum atomic E-state index is 11.4. The number of hydrogen-bond acceptors (Lipinski definition) is 4. The van der Waals surface area contributed by atoms with Gasteiger partial charge < -0.3 is 25.2 Å². The van der Waals surface area contributed by atoms with E-state index in [1.165, 1.54) is 14.2 Å². The van der Waals surface area contributed by atoms with Crippen LogP contribution in [-0.2, 0) is 4.79 Å². The van der Waals surface area contributed by atoms with Crippen molar-refractivity contribution in [2.45, 2.75) is 0 Å². The molecule has 0 radical (unpaired) electrons. The zero-order valence-electron chi connectivity index (χ0n) is 10.0. The predicted octanol–water partition coefficient (Wildman–Crippen LogP) is 0.910. The molecule has 18 heavy (non-hydrogen) atoms. The summed E-state index contributed by atoms with van der Waals surface area (Å²) >= 11 is 0. The van der Waals surface area contributed by atoms with Gasteiger partial charge in [0.25, 0.3) is 0 Å². The molecule has 0 fully saturated rings. The third-order valence-electron chi connectivity index (χ3n) is 2.06. The molecule has 0 aliphatic carbocycles. The number of carbonyl (C=O) groups is 2. The molecule has 0 atom stereocenters. The number of aliphatic carboxylic acids is 1. The van der Waals surface area contributed by atoms with Crippen molar-refractivity contribution >= 4 is 17.7 Å². The fourth-order valence-electron chi connectivity index (χ4n) is 1.22. The third kappa shape index (κ3) is 3.85. The van der Waals surface area contributed by atoms with Crippen LogP contribution < -0.4 is 20.1 Å². The summed E-state index contributed by atoms with van der Waals surface area (Å²) in [4.78, 5) is 21.6. The topological polar surface area (TPSA) is 96.9 Å². The van der Waals surface area contributed by atoms with Crippen molar-refractivity contribution in [3.05, 3.63) is 18.2 Å². The van der Waals surface area contributed by atoms with Gasteiger partial charge in [-0.2, -0.15) is 0 Å². The lowest BCUT2D eigenvalue weighted by Gasteiger charge is -2.11. The van der Waals surface area contributed by atoms with Crippen LogP contribution in [0.25, 0.3) is 0 Å². The smallest absolute Gasteiger partial charge is 0.323 e. The van der Waals surface area contributed by atoms with Crippen molar-refractivity contribution in [3.63, 3.8) is 0 Å². The van der Waals surface area contributed by atoms with Crippen LogP contribution in [0.4, 0.5) is 10.5 Å². The highest BCUT2D eigenvalue weighted by molar-refractivity contribution is 5.92.